The van der Waals surface area contributed by atoms with Gasteiger partial charge in [-0.25, -0.2) is 0 Å². The Balaban J connectivity index is 1.85. The van der Waals surface area contributed by atoms with E-state index in [2.05, 4.69) is 17.4 Å². The number of amides is 1. The van der Waals surface area contributed by atoms with Crippen LogP contribution < -0.4 is 14.8 Å². The molecule has 0 aromatic heterocycles. The molecule has 1 N–H and O–H groups in total. The number of rotatable bonds is 4. The van der Waals surface area contributed by atoms with Crippen LogP contribution in [0.25, 0.3) is 0 Å². The number of halogens is 1. The maximum atomic E-state index is 12.7. The first kappa shape index (κ1) is 16.7. The van der Waals surface area contributed by atoms with Gasteiger partial charge in [0, 0.05) is 5.56 Å². The van der Waals surface area contributed by atoms with Gasteiger partial charge >= 0.3 is 0 Å². The second-order valence-electron chi connectivity index (χ2n) is 5.81. The molecule has 0 radical (unpaired) electrons. The smallest absolute Gasteiger partial charge is 0.251 e. The highest BCUT2D eigenvalue weighted by Gasteiger charge is 2.23. The van der Waals surface area contributed by atoms with Crippen LogP contribution in [0.4, 0.5) is 0 Å². The van der Waals surface area contributed by atoms with Gasteiger partial charge in [-0.1, -0.05) is 35.9 Å². The fraction of sp³-hybridized carbons (Fsp3) is 0.316. The highest BCUT2D eigenvalue weighted by Crippen LogP contribution is 2.36. The fourth-order valence-corrected chi connectivity index (χ4v) is 3.48. The summed E-state index contributed by atoms with van der Waals surface area (Å²) in [7, 11) is 3.04. The predicted octanol–water partition coefficient (Wildman–Crippen LogP) is 4.16. The molecule has 0 heterocycles. The highest BCUT2D eigenvalue weighted by atomic mass is 35.5. The number of hydrogen-bond acceptors (Lipinski definition) is 3. The molecule has 0 spiro atoms. The van der Waals surface area contributed by atoms with Gasteiger partial charge in [0.15, 0.2) is 11.5 Å². The number of carbonyl (C=O) groups excluding carboxylic acids is 1. The maximum absolute atomic E-state index is 12.7. The van der Waals surface area contributed by atoms with Gasteiger partial charge in [0.05, 0.1) is 25.3 Å². The number of methoxy groups -OCH3 is 2. The summed E-state index contributed by atoms with van der Waals surface area (Å²) in [5, 5.41) is 3.47. The zero-order valence-electron chi connectivity index (χ0n) is 13.8. The van der Waals surface area contributed by atoms with E-state index < -0.39 is 0 Å². The van der Waals surface area contributed by atoms with Crippen LogP contribution in [0.3, 0.4) is 0 Å². The van der Waals surface area contributed by atoms with Crippen LogP contribution in [0.15, 0.2) is 36.4 Å². The SMILES string of the molecule is COc1cc(C(=O)N[C@@H]2CCCc3ccccc32)cc(Cl)c1OC. The van der Waals surface area contributed by atoms with Crippen LogP contribution in [-0.2, 0) is 6.42 Å². The molecule has 2 aromatic carbocycles. The van der Waals surface area contributed by atoms with Gasteiger partial charge < -0.3 is 14.8 Å². The van der Waals surface area contributed by atoms with Crippen molar-refractivity contribution >= 4 is 17.5 Å². The van der Waals surface area contributed by atoms with E-state index in [0.29, 0.717) is 22.1 Å². The van der Waals surface area contributed by atoms with E-state index in [1.165, 1.54) is 25.3 Å². The summed E-state index contributed by atoms with van der Waals surface area (Å²) in [6.07, 6.45) is 3.06. The van der Waals surface area contributed by atoms with Crippen molar-refractivity contribution in [3.63, 3.8) is 0 Å². The Bertz CT molecular complexity index is 760. The quantitative estimate of drug-likeness (QED) is 0.904. The standard InChI is InChI=1S/C19H20ClNO3/c1-23-17-11-13(10-15(20)18(17)24-2)19(22)21-16-9-5-7-12-6-3-4-8-14(12)16/h3-4,6,8,10-11,16H,5,7,9H2,1-2H3,(H,21,22)/t16-/m1/s1. The number of ether oxygens (including phenoxy) is 2. The number of carbonyl (C=O) groups is 1. The molecular weight excluding hydrogens is 326 g/mol. The van der Waals surface area contributed by atoms with Crippen molar-refractivity contribution in [3.05, 3.63) is 58.1 Å². The predicted molar refractivity (Wildman–Crippen MR) is 94.1 cm³/mol. The van der Waals surface area contributed by atoms with Crippen molar-refractivity contribution in [1.82, 2.24) is 5.32 Å². The molecule has 5 heteroatoms. The zero-order valence-corrected chi connectivity index (χ0v) is 14.5. The van der Waals surface area contributed by atoms with Gasteiger partial charge in [-0.05, 0) is 42.5 Å². The number of fused-ring (bicyclic) bond motifs is 1. The van der Waals surface area contributed by atoms with Gasteiger partial charge in [0.1, 0.15) is 0 Å². The summed E-state index contributed by atoms with van der Waals surface area (Å²) < 4.78 is 10.5. The lowest BCUT2D eigenvalue weighted by Gasteiger charge is -2.26. The largest absolute Gasteiger partial charge is 0.493 e. The summed E-state index contributed by atoms with van der Waals surface area (Å²) in [6.45, 7) is 0. The third-order valence-corrected chi connectivity index (χ3v) is 4.65. The van der Waals surface area contributed by atoms with Crippen LogP contribution in [0.2, 0.25) is 5.02 Å². The van der Waals surface area contributed by atoms with E-state index in [-0.39, 0.29) is 11.9 Å². The lowest BCUT2D eigenvalue weighted by atomic mass is 9.87. The monoisotopic (exact) mass is 345 g/mol. The minimum absolute atomic E-state index is 0.0225. The van der Waals surface area contributed by atoms with Crippen molar-refractivity contribution in [2.24, 2.45) is 0 Å². The van der Waals surface area contributed by atoms with Crippen LogP contribution in [0, 0.1) is 0 Å². The van der Waals surface area contributed by atoms with E-state index >= 15 is 0 Å². The molecule has 0 saturated heterocycles. The van der Waals surface area contributed by atoms with Crippen LogP contribution >= 0.6 is 11.6 Å². The van der Waals surface area contributed by atoms with Crippen LogP contribution in [0.1, 0.15) is 40.4 Å². The minimum atomic E-state index is -0.167. The zero-order chi connectivity index (χ0) is 17.1. The molecule has 0 unspecified atom stereocenters. The van der Waals surface area contributed by atoms with Crippen molar-refractivity contribution in [3.8, 4) is 11.5 Å². The van der Waals surface area contributed by atoms with E-state index in [9.17, 15) is 4.79 Å². The Hall–Kier alpha value is -2.20. The molecule has 0 bridgehead atoms. The van der Waals surface area contributed by atoms with Gasteiger partial charge in [-0.15, -0.1) is 0 Å². The Morgan fingerprint density at radius 2 is 2.00 bits per heavy atom. The highest BCUT2D eigenvalue weighted by molar-refractivity contribution is 6.32. The van der Waals surface area contributed by atoms with E-state index in [0.717, 1.165) is 19.3 Å². The first-order valence-electron chi connectivity index (χ1n) is 7.94. The lowest BCUT2D eigenvalue weighted by molar-refractivity contribution is 0.0932. The molecule has 2 aromatic rings. The second kappa shape index (κ2) is 7.14. The molecule has 3 rings (SSSR count). The number of benzene rings is 2. The molecule has 0 fully saturated rings. The van der Waals surface area contributed by atoms with Crippen molar-refractivity contribution in [1.29, 1.82) is 0 Å². The van der Waals surface area contributed by atoms with Crippen molar-refractivity contribution in [2.75, 3.05) is 14.2 Å². The van der Waals surface area contributed by atoms with E-state index in [1.54, 1.807) is 12.1 Å². The molecule has 1 aliphatic rings. The summed E-state index contributed by atoms with van der Waals surface area (Å²) >= 11 is 6.20. The van der Waals surface area contributed by atoms with Gasteiger partial charge in [0.25, 0.3) is 5.91 Å². The Labute approximate surface area is 146 Å². The van der Waals surface area contributed by atoms with Crippen molar-refractivity contribution in [2.45, 2.75) is 25.3 Å². The third-order valence-electron chi connectivity index (χ3n) is 4.37. The Kier molecular flexibility index (Phi) is 4.95. The second-order valence-corrected chi connectivity index (χ2v) is 6.22. The van der Waals surface area contributed by atoms with Gasteiger partial charge in [-0.3, -0.25) is 4.79 Å². The fourth-order valence-electron chi connectivity index (χ4n) is 3.19. The lowest BCUT2D eigenvalue weighted by Crippen LogP contribution is -2.31. The Morgan fingerprint density at radius 3 is 2.75 bits per heavy atom. The average molecular weight is 346 g/mol. The third kappa shape index (κ3) is 3.20. The minimum Gasteiger partial charge on any atom is -0.493 e. The van der Waals surface area contributed by atoms with Crippen LogP contribution in [-0.4, -0.2) is 20.1 Å². The molecule has 126 valence electrons. The van der Waals surface area contributed by atoms with Gasteiger partial charge in [-0.2, -0.15) is 0 Å². The maximum Gasteiger partial charge on any atom is 0.251 e. The van der Waals surface area contributed by atoms with Crippen LogP contribution in [0.5, 0.6) is 11.5 Å². The normalized spacial score (nSPS) is 16.2. The summed E-state index contributed by atoms with van der Waals surface area (Å²) in [5.74, 6) is 0.706. The first-order chi connectivity index (χ1) is 11.6. The molecule has 1 atom stereocenters. The number of aryl methyl sites for hydroxylation is 1. The molecule has 1 amide bonds. The molecule has 24 heavy (non-hydrogen) atoms. The first-order valence-corrected chi connectivity index (χ1v) is 8.32. The molecule has 0 aliphatic heterocycles. The average Bonchev–Trinajstić information content (AvgIpc) is 2.61. The summed E-state index contributed by atoms with van der Waals surface area (Å²) in [4.78, 5) is 12.7. The summed E-state index contributed by atoms with van der Waals surface area (Å²) in [5.41, 5.74) is 2.96. The number of hydrogen-bond donors (Lipinski definition) is 1. The molecule has 1 aliphatic carbocycles. The molecule has 4 nitrogen and oxygen atoms in total. The topological polar surface area (TPSA) is 47.6 Å². The molecular formula is C19H20ClNO3. The molecule has 0 saturated carbocycles. The van der Waals surface area contributed by atoms with E-state index in [1.807, 2.05) is 12.1 Å². The van der Waals surface area contributed by atoms with E-state index in [4.69, 9.17) is 21.1 Å². The van der Waals surface area contributed by atoms with Gasteiger partial charge in [0.2, 0.25) is 0 Å². The number of nitrogens with one attached hydrogen (secondary N) is 1. The summed E-state index contributed by atoms with van der Waals surface area (Å²) in [6, 6.07) is 11.5. The van der Waals surface area contributed by atoms with Crippen molar-refractivity contribution < 1.29 is 14.3 Å². The Morgan fingerprint density at radius 1 is 1.21 bits per heavy atom.